The van der Waals surface area contributed by atoms with Gasteiger partial charge in [0, 0.05) is 17.6 Å². The van der Waals surface area contributed by atoms with Crippen LogP contribution in [0.3, 0.4) is 0 Å². The van der Waals surface area contributed by atoms with Crippen LogP contribution in [0, 0.1) is 0 Å². The second kappa shape index (κ2) is 6.33. The molecule has 1 aromatic carbocycles. The Labute approximate surface area is 116 Å². The van der Waals surface area contributed by atoms with Crippen molar-refractivity contribution >= 4 is 23.4 Å². The van der Waals surface area contributed by atoms with Crippen molar-refractivity contribution in [2.75, 3.05) is 18.5 Å². The van der Waals surface area contributed by atoms with Crippen LogP contribution in [0.5, 0.6) is 0 Å². The minimum atomic E-state index is 0.0678. The average Bonchev–Trinajstić information content (AvgIpc) is 2.90. The van der Waals surface area contributed by atoms with E-state index in [4.69, 9.17) is 10.2 Å². The van der Waals surface area contributed by atoms with Gasteiger partial charge < -0.3 is 15.1 Å². The number of hydrogen-bond donors (Lipinski definition) is 1. The fourth-order valence-corrected chi connectivity index (χ4v) is 2.38. The maximum absolute atomic E-state index is 11.9. The van der Waals surface area contributed by atoms with Crippen LogP contribution >= 0.6 is 11.8 Å². The lowest BCUT2D eigenvalue weighted by molar-refractivity contribution is -0.127. The van der Waals surface area contributed by atoms with Crippen molar-refractivity contribution in [3.8, 4) is 0 Å². The summed E-state index contributed by atoms with van der Waals surface area (Å²) in [6.07, 6.45) is 1.61. The highest BCUT2D eigenvalue weighted by Crippen LogP contribution is 2.19. The predicted molar refractivity (Wildman–Crippen MR) is 76.8 cm³/mol. The van der Waals surface area contributed by atoms with Crippen molar-refractivity contribution < 1.29 is 9.21 Å². The number of benzene rings is 1. The summed E-state index contributed by atoms with van der Waals surface area (Å²) < 4.78 is 5.22. The summed E-state index contributed by atoms with van der Waals surface area (Å²) in [6, 6.07) is 11.2. The number of amides is 1. The van der Waals surface area contributed by atoms with Gasteiger partial charge in [-0.15, -0.1) is 11.8 Å². The third-order valence-electron chi connectivity index (χ3n) is 2.64. The molecule has 0 spiro atoms. The zero-order valence-electron chi connectivity index (χ0n) is 10.7. The minimum Gasteiger partial charge on any atom is -0.467 e. The molecule has 0 fully saturated rings. The number of nitrogens with zero attached hydrogens (tertiary/aromatic N) is 1. The quantitative estimate of drug-likeness (QED) is 0.673. The fraction of sp³-hybridized carbons (Fsp3) is 0.214. The summed E-state index contributed by atoms with van der Waals surface area (Å²) in [5.74, 6) is 1.26. The van der Waals surface area contributed by atoms with E-state index in [9.17, 15) is 4.79 Å². The molecule has 1 amide bonds. The molecule has 2 N–H and O–H groups in total. The zero-order valence-corrected chi connectivity index (χ0v) is 11.5. The highest BCUT2D eigenvalue weighted by Gasteiger charge is 2.11. The lowest BCUT2D eigenvalue weighted by Crippen LogP contribution is -2.27. The van der Waals surface area contributed by atoms with Crippen LogP contribution in [-0.2, 0) is 11.3 Å². The van der Waals surface area contributed by atoms with Crippen molar-refractivity contribution in [3.63, 3.8) is 0 Å². The number of rotatable bonds is 5. The molecule has 2 rings (SSSR count). The van der Waals surface area contributed by atoms with E-state index < -0.39 is 0 Å². The first kappa shape index (κ1) is 13.5. The Hall–Kier alpha value is -1.88. The highest BCUT2D eigenvalue weighted by molar-refractivity contribution is 8.00. The number of nitrogens with two attached hydrogens (primary N) is 1. The van der Waals surface area contributed by atoms with E-state index >= 15 is 0 Å². The largest absolute Gasteiger partial charge is 0.467 e. The number of anilines is 1. The maximum Gasteiger partial charge on any atom is 0.233 e. The van der Waals surface area contributed by atoms with Gasteiger partial charge in [-0.25, -0.2) is 0 Å². The van der Waals surface area contributed by atoms with Gasteiger partial charge in [0.05, 0.1) is 18.6 Å². The monoisotopic (exact) mass is 276 g/mol. The number of furan rings is 1. The number of carbonyl (C=O) groups excluding carboxylic acids is 1. The predicted octanol–water partition coefficient (Wildman–Crippen LogP) is 2.61. The van der Waals surface area contributed by atoms with Crippen molar-refractivity contribution in [2.24, 2.45) is 0 Å². The van der Waals surface area contributed by atoms with Gasteiger partial charge in [-0.3, -0.25) is 4.79 Å². The first-order valence-electron chi connectivity index (χ1n) is 5.90. The van der Waals surface area contributed by atoms with E-state index in [1.54, 1.807) is 18.2 Å². The van der Waals surface area contributed by atoms with Gasteiger partial charge in [0.2, 0.25) is 5.91 Å². The third kappa shape index (κ3) is 4.06. The first-order chi connectivity index (χ1) is 9.15. The number of nitrogen functional groups attached to an aromatic ring is 1. The fourth-order valence-electron chi connectivity index (χ4n) is 1.54. The van der Waals surface area contributed by atoms with Crippen molar-refractivity contribution in [1.29, 1.82) is 0 Å². The van der Waals surface area contributed by atoms with E-state index in [2.05, 4.69) is 0 Å². The lowest BCUT2D eigenvalue weighted by atomic mass is 10.3. The summed E-state index contributed by atoms with van der Waals surface area (Å²) in [6.45, 7) is 0.494. The molecule has 0 radical (unpaired) electrons. The van der Waals surface area contributed by atoms with E-state index in [1.807, 2.05) is 36.4 Å². The van der Waals surface area contributed by atoms with Gasteiger partial charge in [0.1, 0.15) is 5.76 Å². The zero-order chi connectivity index (χ0) is 13.7. The number of hydrogen-bond acceptors (Lipinski definition) is 4. The second-order valence-electron chi connectivity index (χ2n) is 4.19. The Morgan fingerprint density at radius 2 is 2.05 bits per heavy atom. The number of carbonyl (C=O) groups is 1. The Bertz CT molecular complexity index is 523. The molecule has 0 aliphatic rings. The molecule has 0 bridgehead atoms. The SMILES string of the molecule is CN(Cc1ccco1)C(=O)CSc1ccc(N)cc1. The minimum absolute atomic E-state index is 0.0678. The molecule has 0 atom stereocenters. The molecule has 0 unspecified atom stereocenters. The van der Waals surface area contributed by atoms with E-state index in [0.29, 0.717) is 12.3 Å². The molecule has 2 aromatic rings. The van der Waals surface area contributed by atoms with Gasteiger partial charge in [0.25, 0.3) is 0 Å². The molecule has 0 aliphatic heterocycles. The van der Waals surface area contributed by atoms with Crippen LogP contribution in [0.25, 0.3) is 0 Å². The van der Waals surface area contributed by atoms with Crippen LogP contribution < -0.4 is 5.73 Å². The molecule has 4 nitrogen and oxygen atoms in total. The normalized spacial score (nSPS) is 10.4. The Morgan fingerprint density at radius 1 is 1.32 bits per heavy atom. The standard InChI is InChI=1S/C14H16N2O2S/c1-16(9-12-3-2-8-18-12)14(17)10-19-13-6-4-11(15)5-7-13/h2-8H,9-10,15H2,1H3. The maximum atomic E-state index is 11.9. The Kier molecular flexibility index (Phi) is 4.52. The summed E-state index contributed by atoms with van der Waals surface area (Å²) >= 11 is 1.50. The summed E-state index contributed by atoms with van der Waals surface area (Å²) in [4.78, 5) is 14.6. The topological polar surface area (TPSA) is 59.5 Å². The van der Waals surface area contributed by atoms with Crippen molar-refractivity contribution in [3.05, 3.63) is 48.4 Å². The smallest absolute Gasteiger partial charge is 0.233 e. The Balaban J connectivity index is 1.82. The molecule has 100 valence electrons. The van der Waals surface area contributed by atoms with Gasteiger partial charge in [-0.05, 0) is 36.4 Å². The second-order valence-corrected chi connectivity index (χ2v) is 5.24. The summed E-state index contributed by atoms with van der Waals surface area (Å²) in [7, 11) is 1.77. The molecule has 5 heteroatoms. The van der Waals surface area contributed by atoms with Crippen molar-refractivity contribution in [2.45, 2.75) is 11.4 Å². The van der Waals surface area contributed by atoms with Gasteiger partial charge in [0.15, 0.2) is 0 Å². The number of thioether (sulfide) groups is 1. The Morgan fingerprint density at radius 3 is 2.68 bits per heavy atom. The van der Waals surface area contributed by atoms with Crippen LogP contribution in [0.2, 0.25) is 0 Å². The van der Waals surface area contributed by atoms with E-state index in [1.165, 1.54) is 11.8 Å². The molecule has 1 heterocycles. The van der Waals surface area contributed by atoms with Crippen LogP contribution in [0.1, 0.15) is 5.76 Å². The molecule has 0 saturated heterocycles. The highest BCUT2D eigenvalue weighted by atomic mass is 32.2. The molecular formula is C14H16N2O2S. The van der Waals surface area contributed by atoms with Gasteiger partial charge >= 0.3 is 0 Å². The van der Waals surface area contributed by atoms with Gasteiger partial charge in [-0.1, -0.05) is 0 Å². The van der Waals surface area contributed by atoms with E-state index in [-0.39, 0.29) is 5.91 Å². The molecule has 1 aromatic heterocycles. The summed E-state index contributed by atoms with van der Waals surface area (Å²) in [5, 5.41) is 0. The lowest BCUT2D eigenvalue weighted by Gasteiger charge is -2.15. The van der Waals surface area contributed by atoms with Crippen LogP contribution in [-0.4, -0.2) is 23.6 Å². The molecule has 0 aliphatic carbocycles. The first-order valence-corrected chi connectivity index (χ1v) is 6.88. The third-order valence-corrected chi connectivity index (χ3v) is 3.64. The van der Waals surface area contributed by atoms with Crippen LogP contribution in [0.4, 0.5) is 5.69 Å². The molecular weight excluding hydrogens is 260 g/mol. The van der Waals surface area contributed by atoms with Crippen molar-refractivity contribution in [1.82, 2.24) is 4.90 Å². The molecule has 19 heavy (non-hydrogen) atoms. The van der Waals surface area contributed by atoms with Gasteiger partial charge in [-0.2, -0.15) is 0 Å². The van der Waals surface area contributed by atoms with Crippen LogP contribution in [0.15, 0.2) is 52.0 Å². The average molecular weight is 276 g/mol. The molecule has 0 saturated carbocycles. The summed E-state index contributed by atoms with van der Waals surface area (Å²) in [5.41, 5.74) is 6.34. The van der Waals surface area contributed by atoms with E-state index in [0.717, 1.165) is 16.3 Å².